The summed E-state index contributed by atoms with van der Waals surface area (Å²) in [6, 6.07) is -2.36. The van der Waals surface area contributed by atoms with Gasteiger partial charge in [-0.1, -0.05) is 23.6 Å². The van der Waals surface area contributed by atoms with Gasteiger partial charge in [0.2, 0.25) is 0 Å². The molecule has 1 N–H and O–H groups in total. The summed E-state index contributed by atoms with van der Waals surface area (Å²) in [6.45, 7) is 0. The van der Waals surface area contributed by atoms with Crippen molar-refractivity contribution in [3.05, 3.63) is 22.6 Å². The number of hydrazone groups is 1. The lowest BCUT2D eigenvalue weighted by atomic mass is 10.0. The van der Waals surface area contributed by atoms with Crippen LogP contribution in [0.1, 0.15) is 38.1 Å². The largest absolute Gasteiger partial charge is 0.844 e. The highest BCUT2D eigenvalue weighted by Crippen LogP contribution is 2.21. The van der Waals surface area contributed by atoms with E-state index in [4.69, 9.17) is 0 Å². The number of hydrogen-bond acceptors (Lipinski definition) is 5. The van der Waals surface area contributed by atoms with Crippen LogP contribution in [0.5, 0.6) is 6.01 Å². The number of hydrogen-bond donors (Lipinski definition) is 1. The molecule has 3 rings (SSSR count). The van der Waals surface area contributed by atoms with E-state index < -0.39 is 29.8 Å². The lowest BCUT2D eigenvalue weighted by Gasteiger charge is -2.16. The van der Waals surface area contributed by atoms with Crippen LogP contribution in [0, 0.1) is 0 Å². The van der Waals surface area contributed by atoms with Gasteiger partial charge in [0.25, 0.3) is 0 Å². The number of carbonyl (C=O) groups is 2. The van der Waals surface area contributed by atoms with Crippen molar-refractivity contribution in [2.24, 2.45) is 7.05 Å². The second-order valence-corrected chi connectivity index (χ2v) is 6.14. The molecule has 0 aromatic carbocycles. The van der Waals surface area contributed by atoms with Gasteiger partial charge >= 0.3 is 17.8 Å². The molecule has 1 fully saturated rings. The first-order chi connectivity index (χ1) is 11.9. The minimum atomic E-state index is -0.651. The molecule has 1 unspecified atom stereocenters. The van der Waals surface area contributed by atoms with Crippen molar-refractivity contribution in [2.75, 3.05) is 7.05 Å². The van der Waals surface area contributed by atoms with Crippen LogP contribution < -0.4 is 16.2 Å². The van der Waals surface area contributed by atoms with E-state index in [0.717, 1.165) is 44.5 Å². The van der Waals surface area contributed by atoms with E-state index in [2.05, 4.69) is 10.5 Å². The van der Waals surface area contributed by atoms with E-state index in [0.29, 0.717) is 12.1 Å². The maximum absolute atomic E-state index is 12.4. The highest BCUT2D eigenvalue weighted by atomic mass is 16.3. The van der Waals surface area contributed by atoms with Crippen molar-refractivity contribution in [2.45, 2.75) is 38.1 Å². The number of urea groups is 2. The summed E-state index contributed by atoms with van der Waals surface area (Å²) in [5.74, 6) is 0. The van der Waals surface area contributed by atoms with Crippen LogP contribution in [0.4, 0.5) is 9.59 Å². The van der Waals surface area contributed by atoms with Crippen LogP contribution in [0.15, 0.2) is 16.9 Å². The van der Waals surface area contributed by atoms with Crippen molar-refractivity contribution < 1.29 is 19.4 Å². The summed E-state index contributed by atoms with van der Waals surface area (Å²) in [6.07, 6.45) is 7.72. The fraction of sp³-hybridized carbons (Fsp3) is 0.533. The number of nitrogens with zero attached hydrogens (tertiary/aromatic N) is 5. The summed E-state index contributed by atoms with van der Waals surface area (Å²) in [7, 11) is 2.73. The second-order valence-electron chi connectivity index (χ2n) is 6.14. The first kappa shape index (κ1) is 16.9. The number of aromatic nitrogens is 3. The maximum Gasteiger partial charge on any atom is 0.526 e. The Morgan fingerprint density at radius 2 is 2.00 bits per heavy atom. The standard InChI is InChI=1S/C15H20N6O4/c1-18-12(22)16-20(14(18)24)10-8-6-4-3-5-7-9-11(10)21-15(25)19(2)13(23)17-21/h6,8,11H,3-5,7,9H2,1-2H3,(H-,16,17,22,23)/b8-6-,20-10-. The first-order valence-electron chi connectivity index (χ1n) is 8.16. The Kier molecular flexibility index (Phi) is 4.43. The molecule has 1 aliphatic heterocycles. The first-order valence-corrected chi connectivity index (χ1v) is 8.16. The van der Waals surface area contributed by atoms with E-state index in [1.807, 2.05) is 6.08 Å². The van der Waals surface area contributed by atoms with Crippen LogP contribution in [0.2, 0.25) is 0 Å². The molecule has 4 amide bonds. The number of nitrogens with one attached hydrogen (secondary N) is 1. The van der Waals surface area contributed by atoms with Crippen molar-refractivity contribution >= 4 is 17.8 Å². The Labute approximate surface area is 143 Å². The Morgan fingerprint density at radius 3 is 2.60 bits per heavy atom. The summed E-state index contributed by atoms with van der Waals surface area (Å²) in [5.41, 5.74) is 2.36. The van der Waals surface area contributed by atoms with Crippen molar-refractivity contribution in [1.29, 1.82) is 0 Å². The molecule has 0 bridgehead atoms. The molecule has 10 heteroatoms. The SMILES string of the molecule is CN1C(=O)N/[N+](=C2/C=C\CCCCCC2n2nc([O-])n(C)c2=O)C1=O. The molecule has 25 heavy (non-hydrogen) atoms. The quantitative estimate of drug-likeness (QED) is 0.709. The van der Waals surface area contributed by atoms with Gasteiger partial charge in [0, 0.05) is 7.05 Å². The molecule has 1 atom stereocenters. The van der Waals surface area contributed by atoms with E-state index in [9.17, 15) is 19.5 Å². The molecule has 1 saturated heterocycles. The third-order valence-electron chi connectivity index (χ3n) is 4.49. The summed E-state index contributed by atoms with van der Waals surface area (Å²) >= 11 is 0. The lowest BCUT2D eigenvalue weighted by molar-refractivity contribution is -0.468. The van der Waals surface area contributed by atoms with E-state index >= 15 is 0 Å². The molecule has 0 saturated carbocycles. The third kappa shape index (κ3) is 2.94. The van der Waals surface area contributed by atoms with E-state index in [1.54, 1.807) is 6.08 Å². The molecule has 1 aliphatic carbocycles. The molecular weight excluding hydrogens is 328 g/mol. The average molecular weight is 348 g/mol. The van der Waals surface area contributed by atoms with Gasteiger partial charge < -0.3 is 5.11 Å². The fourth-order valence-corrected chi connectivity index (χ4v) is 2.98. The smallest absolute Gasteiger partial charge is 0.526 e. The highest BCUT2D eigenvalue weighted by Gasteiger charge is 2.43. The van der Waals surface area contributed by atoms with Gasteiger partial charge in [-0.25, -0.2) is 14.3 Å². The average Bonchev–Trinajstić information content (AvgIpc) is 3.04. The number of amides is 4. The van der Waals surface area contributed by atoms with Crippen LogP contribution >= 0.6 is 0 Å². The zero-order chi connectivity index (χ0) is 18.1. The summed E-state index contributed by atoms with van der Waals surface area (Å²) < 4.78 is 3.15. The summed E-state index contributed by atoms with van der Waals surface area (Å²) in [4.78, 5) is 37.5. The zero-order valence-corrected chi connectivity index (χ0v) is 14.1. The van der Waals surface area contributed by atoms with Crippen molar-refractivity contribution in [1.82, 2.24) is 24.7 Å². The van der Waals surface area contributed by atoms with Gasteiger partial charge in [-0.15, -0.1) is 10.3 Å². The summed E-state index contributed by atoms with van der Waals surface area (Å²) in [5, 5.41) is 15.6. The van der Waals surface area contributed by atoms with Gasteiger partial charge in [-0.3, -0.25) is 4.57 Å². The minimum Gasteiger partial charge on any atom is -0.844 e. The number of imide groups is 1. The van der Waals surface area contributed by atoms with Crippen molar-refractivity contribution in [3.63, 3.8) is 0 Å². The van der Waals surface area contributed by atoms with E-state index in [1.165, 1.54) is 14.1 Å². The maximum atomic E-state index is 12.4. The van der Waals surface area contributed by atoms with Crippen LogP contribution in [-0.4, -0.2) is 48.8 Å². The molecule has 134 valence electrons. The van der Waals surface area contributed by atoms with Gasteiger partial charge in [-0.05, 0) is 25.3 Å². The molecule has 2 heterocycles. The predicted octanol–water partition coefficient (Wildman–Crippen LogP) is -0.140. The van der Waals surface area contributed by atoms with Gasteiger partial charge in [0.1, 0.15) is 6.04 Å². The Balaban J connectivity index is 2.16. The molecule has 2 aliphatic rings. The highest BCUT2D eigenvalue weighted by molar-refractivity contribution is 6.01. The number of carbonyl (C=O) groups excluding carboxylic acids is 2. The number of rotatable bonds is 1. The fourth-order valence-electron chi connectivity index (χ4n) is 2.98. The second kappa shape index (κ2) is 6.54. The van der Waals surface area contributed by atoms with Crippen LogP contribution in [0.25, 0.3) is 0 Å². The Bertz CT molecular complexity index is 834. The number of allylic oxidation sites excluding steroid dienone is 2. The molecule has 1 aromatic rings. The minimum absolute atomic E-state index is 0.421. The lowest BCUT2D eigenvalue weighted by Crippen LogP contribution is -2.39. The van der Waals surface area contributed by atoms with Crippen LogP contribution in [0.3, 0.4) is 0 Å². The molecule has 0 radical (unpaired) electrons. The molecule has 0 spiro atoms. The monoisotopic (exact) mass is 348 g/mol. The molecule has 1 aromatic heterocycles. The van der Waals surface area contributed by atoms with Gasteiger partial charge in [-0.2, -0.15) is 9.89 Å². The Morgan fingerprint density at radius 1 is 1.24 bits per heavy atom. The van der Waals surface area contributed by atoms with Crippen LogP contribution in [-0.2, 0) is 7.05 Å². The third-order valence-corrected chi connectivity index (χ3v) is 4.49. The normalized spacial score (nSPS) is 26.2. The van der Waals surface area contributed by atoms with Gasteiger partial charge in [0.15, 0.2) is 5.71 Å². The van der Waals surface area contributed by atoms with E-state index in [-0.39, 0.29) is 0 Å². The molecule has 10 nitrogen and oxygen atoms in total. The molecular formula is C15H20N6O4. The van der Waals surface area contributed by atoms with Crippen molar-refractivity contribution in [3.8, 4) is 6.01 Å². The number of hydrazine groups is 1. The zero-order valence-electron chi connectivity index (χ0n) is 14.1. The Hall–Kier alpha value is -2.91. The predicted molar refractivity (Wildman–Crippen MR) is 85.1 cm³/mol. The van der Waals surface area contributed by atoms with Gasteiger partial charge in [0.05, 0.1) is 13.1 Å². The topological polar surface area (TPSA) is 115 Å².